The van der Waals surface area contributed by atoms with E-state index >= 15 is 0 Å². The largest absolute Gasteiger partial charge is 0.493 e. The van der Waals surface area contributed by atoms with Crippen molar-refractivity contribution in [3.63, 3.8) is 0 Å². The van der Waals surface area contributed by atoms with E-state index in [0.717, 1.165) is 12.1 Å². The molecule has 7 nitrogen and oxygen atoms in total. The highest BCUT2D eigenvalue weighted by molar-refractivity contribution is 5.98. The van der Waals surface area contributed by atoms with Crippen molar-refractivity contribution in [3.8, 4) is 28.7 Å². The van der Waals surface area contributed by atoms with Crippen LogP contribution in [0.1, 0.15) is 42.1 Å². The lowest BCUT2D eigenvalue weighted by Crippen LogP contribution is -2.41. The molecule has 10 heteroatoms. The molecule has 39 heavy (non-hydrogen) atoms. The van der Waals surface area contributed by atoms with Crippen LogP contribution in [0.25, 0.3) is 0 Å². The summed E-state index contributed by atoms with van der Waals surface area (Å²) in [6.45, 7) is 4.43. The summed E-state index contributed by atoms with van der Waals surface area (Å²) in [7, 11) is 4.40. The maximum atomic E-state index is 13.7. The van der Waals surface area contributed by atoms with Crippen molar-refractivity contribution in [2.24, 2.45) is 0 Å². The molecule has 0 saturated heterocycles. The smallest absolute Gasteiger partial charge is 0.416 e. The topological polar surface area (TPSA) is 66.5 Å². The Balaban J connectivity index is 2.01. The van der Waals surface area contributed by atoms with Crippen molar-refractivity contribution in [2.75, 3.05) is 39.4 Å². The summed E-state index contributed by atoms with van der Waals surface area (Å²) in [5.74, 6) is 1.60. The Labute approximate surface area is 225 Å². The molecule has 208 valence electrons. The van der Waals surface area contributed by atoms with Crippen LogP contribution in [-0.4, -0.2) is 40.5 Å². The monoisotopic (exact) mass is 545 g/mol. The van der Waals surface area contributed by atoms with E-state index in [9.17, 15) is 18.0 Å². The number of hydrogen-bond donors (Lipinski definition) is 0. The lowest BCUT2D eigenvalue weighted by atomic mass is 9.86. The van der Waals surface area contributed by atoms with Gasteiger partial charge in [-0.3, -0.25) is 4.79 Å². The summed E-state index contributed by atoms with van der Waals surface area (Å²) in [4.78, 5) is 15.1. The van der Waals surface area contributed by atoms with Gasteiger partial charge in [0.05, 0.1) is 52.6 Å². The second-order valence-corrected chi connectivity index (χ2v) is 8.71. The molecule has 0 fully saturated rings. The summed E-state index contributed by atoms with van der Waals surface area (Å²) in [6.07, 6.45) is -4.62. The highest BCUT2D eigenvalue weighted by atomic mass is 19.4. The van der Waals surface area contributed by atoms with Gasteiger partial charge in [-0.2, -0.15) is 13.2 Å². The Hall–Kier alpha value is -4.08. The SMILES string of the molecule is CCOc1cc2c(cc1OCC)[C@H](c1cc(OC)c(OC)c(OC)c1)N(c1cccc(C(F)(F)F)c1)C(=O)C2. The zero-order valence-electron chi connectivity index (χ0n) is 22.3. The Kier molecular flexibility index (Phi) is 8.13. The number of hydrogen-bond acceptors (Lipinski definition) is 6. The Morgan fingerprint density at radius 2 is 1.46 bits per heavy atom. The minimum Gasteiger partial charge on any atom is -0.493 e. The summed E-state index contributed by atoms with van der Waals surface area (Å²) in [5, 5.41) is 0. The van der Waals surface area contributed by atoms with Gasteiger partial charge in [0.2, 0.25) is 11.7 Å². The molecule has 0 radical (unpaired) electrons. The lowest BCUT2D eigenvalue weighted by Gasteiger charge is -2.38. The fourth-order valence-corrected chi connectivity index (χ4v) is 4.81. The highest BCUT2D eigenvalue weighted by Gasteiger charge is 2.38. The van der Waals surface area contributed by atoms with E-state index in [2.05, 4.69) is 0 Å². The number of benzene rings is 3. The number of methoxy groups -OCH3 is 3. The van der Waals surface area contributed by atoms with E-state index < -0.39 is 17.8 Å². The molecule has 1 atom stereocenters. The predicted molar refractivity (Wildman–Crippen MR) is 139 cm³/mol. The van der Waals surface area contributed by atoms with Crippen LogP contribution >= 0.6 is 0 Å². The van der Waals surface area contributed by atoms with Gasteiger partial charge in [0.15, 0.2) is 23.0 Å². The summed E-state index contributed by atoms with van der Waals surface area (Å²) >= 11 is 0. The molecule has 0 aliphatic carbocycles. The van der Waals surface area contributed by atoms with Gasteiger partial charge in [0, 0.05) is 5.69 Å². The molecule has 0 unspecified atom stereocenters. The zero-order chi connectivity index (χ0) is 28.3. The number of amides is 1. The van der Waals surface area contributed by atoms with Gasteiger partial charge in [-0.15, -0.1) is 0 Å². The number of halogens is 3. The number of fused-ring (bicyclic) bond motifs is 1. The molecular formula is C29H30F3NO6. The van der Waals surface area contributed by atoms with Crippen molar-refractivity contribution < 1.29 is 41.7 Å². The molecule has 0 saturated carbocycles. The third-order valence-corrected chi connectivity index (χ3v) is 6.42. The fourth-order valence-electron chi connectivity index (χ4n) is 4.81. The number of rotatable bonds is 9. The van der Waals surface area contributed by atoms with Crippen molar-refractivity contribution in [3.05, 3.63) is 70.8 Å². The molecule has 0 aromatic heterocycles. The van der Waals surface area contributed by atoms with Crippen molar-refractivity contribution >= 4 is 11.6 Å². The summed E-state index contributed by atoms with van der Waals surface area (Å²) in [5.41, 5.74) is 1.14. The Morgan fingerprint density at radius 3 is 2.00 bits per heavy atom. The third-order valence-electron chi connectivity index (χ3n) is 6.42. The first-order valence-electron chi connectivity index (χ1n) is 12.4. The number of carbonyl (C=O) groups excluding carboxylic acids is 1. The van der Waals surface area contributed by atoms with Gasteiger partial charge in [-0.25, -0.2) is 0 Å². The molecule has 1 heterocycles. The minimum absolute atomic E-state index is 0.0427. The van der Waals surface area contributed by atoms with E-state index in [-0.39, 0.29) is 18.0 Å². The molecule has 1 amide bonds. The van der Waals surface area contributed by atoms with Gasteiger partial charge in [0.25, 0.3) is 0 Å². The molecule has 0 spiro atoms. The average Bonchev–Trinajstić information content (AvgIpc) is 2.91. The quantitative estimate of drug-likeness (QED) is 0.319. The molecule has 3 aromatic carbocycles. The lowest BCUT2D eigenvalue weighted by molar-refractivity contribution is -0.137. The molecule has 3 aromatic rings. The first-order chi connectivity index (χ1) is 18.7. The fraction of sp³-hybridized carbons (Fsp3) is 0.345. The van der Waals surface area contributed by atoms with Crippen molar-refractivity contribution in [2.45, 2.75) is 32.5 Å². The van der Waals surface area contributed by atoms with Gasteiger partial charge < -0.3 is 28.6 Å². The van der Waals surface area contributed by atoms with Gasteiger partial charge in [0.1, 0.15) is 0 Å². The summed E-state index contributed by atoms with van der Waals surface area (Å²) in [6, 6.07) is 10.8. The van der Waals surface area contributed by atoms with E-state index in [0.29, 0.717) is 58.7 Å². The molecule has 1 aliphatic rings. The molecule has 0 N–H and O–H groups in total. The number of ether oxygens (including phenoxy) is 5. The third kappa shape index (κ3) is 5.41. The maximum Gasteiger partial charge on any atom is 0.416 e. The van der Waals surface area contributed by atoms with Crippen LogP contribution in [0.5, 0.6) is 28.7 Å². The minimum atomic E-state index is -4.58. The van der Waals surface area contributed by atoms with Crippen LogP contribution in [0, 0.1) is 0 Å². The second kappa shape index (κ2) is 11.3. The number of carbonyl (C=O) groups is 1. The highest BCUT2D eigenvalue weighted by Crippen LogP contribution is 2.48. The average molecular weight is 546 g/mol. The van der Waals surface area contributed by atoms with Crippen LogP contribution in [0.3, 0.4) is 0 Å². The summed E-state index contributed by atoms with van der Waals surface area (Å²) < 4.78 is 69.1. The van der Waals surface area contributed by atoms with Crippen molar-refractivity contribution in [1.82, 2.24) is 0 Å². The number of anilines is 1. The van der Waals surface area contributed by atoms with E-state index in [1.54, 1.807) is 24.3 Å². The normalized spacial score (nSPS) is 15.0. The predicted octanol–water partition coefficient (Wildman–Crippen LogP) is 6.21. The second-order valence-electron chi connectivity index (χ2n) is 8.71. The Morgan fingerprint density at radius 1 is 0.846 bits per heavy atom. The first kappa shape index (κ1) is 27.9. The first-order valence-corrected chi connectivity index (χ1v) is 12.4. The zero-order valence-corrected chi connectivity index (χ0v) is 22.3. The maximum absolute atomic E-state index is 13.7. The molecule has 0 bridgehead atoms. The van der Waals surface area contributed by atoms with Gasteiger partial charge in [-0.05, 0) is 73.0 Å². The van der Waals surface area contributed by atoms with Crippen LogP contribution in [0.2, 0.25) is 0 Å². The number of nitrogens with zero attached hydrogens (tertiary/aromatic N) is 1. The standard InChI is InChI=1S/C29H30F3NO6/c1-6-38-22-11-17-14-26(34)33(20-10-8-9-19(15-20)29(30,31)32)27(21(17)16-23(22)39-7-2)18-12-24(35-3)28(37-5)25(13-18)36-4/h8-13,15-16,27H,6-7,14H2,1-5H3/t27-/m0/s1. The number of alkyl halides is 3. The van der Waals surface area contributed by atoms with Crippen LogP contribution in [0.4, 0.5) is 18.9 Å². The van der Waals surface area contributed by atoms with Gasteiger partial charge in [-0.1, -0.05) is 6.07 Å². The van der Waals surface area contributed by atoms with Crippen LogP contribution in [0.15, 0.2) is 48.5 Å². The van der Waals surface area contributed by atoms with Crippen molar-refractivity contribution in [1.29, 1.82) is 0 Å². The molecule has 1 aliphatic heterocycles. The van der Waals surface area contributed by atoms with E-state index in [1.165, 1.54) is 38.4 Å². The van der Waals surface area contributed by atoms with E-state index in [1.807, 2.05) is 13.8 Å². The molecular weight excluding hydrogens is 515 g/mol. The van der Waals surface area contributed by atoms with Crippen LogP contribution in [-0.2, 0) is 17.4 Å². The van der Waals surface area contributed by atoms with Gasteiger partial charge >= 0.3 is 6.18 Å². The van der Waals surface area contributed by atoms with E-state index in [4.69, 9.17) is 23.7 Å². The molecule has 4 rings (SSSR count). The Bertz CT molecular complexity index is 1330. The van der Waals surface area contributed by atoms with Crippen LogP contribution < -0.4 is 28.6 Å².